The van der Waals surface area contributed by atoms with Gasteiger partial charge in [-0.05, 0) is 42.3 Å². The fraction of sp³-hybridized carbons (Fsp3) is 0.267. The third-order valence-corrected chi connectivity index (χ3v) is 3.49. The summed E-state index contributed by atoms with van der Waals surface area (Å²) < 4.78 is 5.25. The van der Waals surface area contributed by atoms with Crippen molar-refractivity contribution in [3.05, 3.63) is 44.7 Å². The van der Waals surface area contributed by atoms with Gasteiger partial charge in [-0.15, -0.1) is 0 Å². The van der Waals surface area contributed by atoms with E-state index < -0.39 is 11.4 Å². The molecule has 0 atom stereocenters. The molecule has 2 N–H and O–H groups in total. The molecule has 1 aromatic carbocycles. The summed E-state index contributed by atoms with van der Waals surface area (Å²) in [6, 6.07) is 3.38. The molecule has 0 aliphatic rings. The summed E-state index contributed by atoms with van der Waals surface area (Å²) >= 11 is 4.69. The van der Waals surface area contributed by atoms with Gasteiger partial charge in [-0.3, -0.25) is 9.59 Å². The van der Waals surface area contributed by atoms with Crippen LogP contribution in [0, 0.1) is 13.8 Å². The molecular weight excluding hydrogens is 327 g/mol. The van der Waals surface area contributed by atoms with E-state index in [-0.39, 0.29) is 52.5 Å². The van der Waals surface area contributed by atoms with Gasteiger partial charge in [0.1, 0.15) is 5.75 Å². The number of ketones is 1. The van der Waals surface area contributed by atoms with Crippen molar-refractivity contribution in [2.24, 2.45) is 0 Å². The first-order valence-electron chi connectivity index (χ1n) is 6.51. The molecule has 0 aliphatic heterocycles. The fourth-order valence-electron chi connectivity index (χ4n) is 2.32. The Kier molecular flexibility index (Phi) is 6.76. The number of aromatic nitrogens is 2. The van der Waals surface area contributed by atoms with Gasteiger partial charge in [0, 0.05) is 12.0 Å². The van der Waals surface area contributed by atoms with Crippen molar-refractivity contribution in [3.8, 4) is 11.6 Å². The summed E-state index contributed by atoms with van der Waals surface area (Å²) in [5, 5.41) is 9.57. The average molecular weight is 342 g/mol. The Hall–Kier alpha value is -1.41. The minimum atomic E-state index is -0.604. The van der Waals surface area contributed by atoms with Crippen LogP contribution in [0.1, 0.15) is 27.0 Å². The number of nitrogens with one attached hydrogen (secondary N) is 1. The molecule has 0 saturated heterocycles. The van der Waals surface area contributed by atoms with Crippen molar-refractivity contribution in [2.45, 2.75) is 25.4 Å². The minimum Gasteiger partial charge on any atom is -0.742 e. The second-order valence-electron chi connectivity index (χ2n) is 4.92. The van der Waals surface area contributed by atoms with E-state index in [4.69, 9.17) is 17.4 Å². The summed E-state index contributed by atoms with van der Waals surface area (Å²) in [5.41, 5.74) is 1.39. The van der Waals surface area contributed by atoms with Gasteiger partial charge in [-0.1, -0.05) is 0 Å². The Morgan fingerprint density at radius 2 is 1.91 bits per heavy atom. The van der Waals surface area contributed by atoms with Crippen LogP contribution in [-0.2, 0) is 19.0 Å². The largest absolute Gasteiger partial charge is 1.00 e. The Balaban J connectivity index is 0.00000264. The Morgan fingerprint density at radius 3 is 2.39 bits per heavy atom. The van der Waals surface area contributed by atoms with Crippen LogP contribution in [0.4, 0.5) is 0 Å². The molecule has 0 radical (unpaired) electrons. The number of hydrogen-bond donors (Lipinski definition) is 2. The Bertz CT molecular complexity index is 782. The molecule has 0 aliphatic carbocycles. The molecule has 0 bridgehead atoms. The van der Waals surface area contributed by atoms with E-state index >= 15 is 0 Å². The van der Waals surface area contributed by atoms with Crippen molar-refractivity contribution in [1.82, 2.24) is 9.97 Å². The summed E-state index contributed by atoms with van der Waals surface area (Å²) in [6.45, 7) is 3.67. The van der Waals surface area contributed by atoms with Crippen LogP contribution in [0.15, 0.2) is 22.1 Å². The third-order valence-electron chi connectivity index (χ3n) is 3.30. The maximum absolute atomic E-state index is 12.3. The number of Topliss-reactive ketones (excluding diaryl/α,β-unsaturated/α-hetero) is 1. The SMILES string of the molecule is COc1c(C)cc(C(=O)Cc2c(O)nc([S-])[nH]c2=O)cc1C.[Na+]. The van der Waals surface area contributed by atoms with Gasteiger partial charge in [0.2, 0.25) is 5.88 Å². The van der Waals surface area contributed by atoms with Crippen LogP contribution in [0.3, 0.4) is 0 Å². The maximum Gasteiger partial charge on any atom is 1.00 e. The molecule has 0 spiro atoms. The predicted octanol–water partition coefficient (Wildman–Crippen LogP) is -1.56. The normalized spacial score (nSPS) is 10.0. The van der Waals surface area contributed by atoms with Gasteiger partial charge >= 0.3 is 29.6 Å². The van der Waals surface area contributed by atoms with Gasteiger partial charge in [0.05, 0.1) is 12.7 Å². The van der Waals surface area contributed by atoms with Crippen molar-refractivity contribution in [1.29, 1.82) is 0 Å². The quantitative estimate of drug-likeness (QED) is 0.302. The first-order chi connectivity index (χ1) is 10.3. The van der Waals surface area contributed by atoms with Crippen LogP contribution in [0.25, 0.3) is 0 Å². The summed E-state index contributed by atoms with van der Waals surface area (Å²) in [7, 11) is 1.57. The van der Waals surface area contributed by atoms with Crippen molar-refractivity contribution in [3.63, 3.8) is 0 Å². The van der Waals surface area contributed by atoms with Crippen LogP contribution < -0.4 is 39.9 Å². The zero-order valence-corrected chi connectivity index (χ0v) is 16.2. The number of methoxy groups -OCH3 is 1. The van der Waals surface area contributed by atoms with Crippen molar-refractivity contribution < 1.29 is 44.2 Å². The first-order valence-corrected chi connectivity index (χ1v) is 6.92. The maximum atomic E-state index is 12.3. The van der Waals surface area contributed by atoms with Crippen LogP contribution in [0.2, 0.25) is 0 Å². The van der Waals surface area contributed by atoms with E-state index in [0.717, 1.165) is 16.9 Å². The first kappa shape index (κ1) is 19.6. The summed E-state index contributed by atoms with van der Waals surface area (Å²) in [6.07, 6.45) is -0.255. The number of carbonyl (C=O) groups excluding carboxylic acids is 1. The molecular formula is C15H15N2NaO4S. The topological polar surface area (TPSA) is 92.3 Å². The minimum absolute atomic E-state index is 0. The van der Waals surface area contributed by atoms with E-state index in [1.807, 2.05) is 13.8 Å². The number of aryl methyl sites for hydroxylation is 2. The number of aromatic hydroxyl groups is 1. The number of benzene rings is 1. The van der Waals surface area contributed by atoms with E-state index in [9.17, 15) is 14.7 Å². The van der Waals surface area contributed by atoms with Crippen LogP contribution >= 0.6 is 0 Å². The molecule has 2 aromatic rings. The molecule has 0 saturated carbocycles. The Labute approximate surface area is 161 Å². The van der Waals surface area contributed by atoms with E-state index in [1.165, 1.54) is 0 Å². The van der Waals surface area contributed by atoms with Gasteiger partial charge in [-0.25, -0.2) is 4.98 Å². The smallest absolute Gasteiger partial charge is 0.742 e. The van der Waals surface area contributed by atoms with E-state index in [2.05, 4.69) is 9.97 Å². The molecule has 116 valence electrons. The number of H-pyrrole nitrogens is 1. The van der Waals surface area contributed by atoms with Crippen LogP contribution in [0.5, 0.6) is 11.6 Å². The molecule has 2 rings (SSSR count). The number of aromatic amines is 1. The second kappa shape index (κ2) is 7.92. The van der Waals surface area contributed by atoms with E-state index in [0.29, 0.717) is 5.56 Å². The van der Waals surface area contributed by atoms with Gasteiger partial charge in [-0.2, -0.15) is 0 Å². The standard InChI is InChI=1S/C15H16N2O4S.Na/c1-7-4-9(5-8(2)12(7)21-3)11(18)6-10-13(19)16-15(22)17-14(10)20;/h4-5H,6H2,1-3H3,(H3,16,17,19,20,22);/q;+1/p-1. The van der Waals surface area contributed by atoms with Crippen LogP contribution in [-0.4, -0.2) is 28.0 Å². The third kappa shape index (κ3) is 4.32. The van der Waals surface area contributed by atoms with Crippen molar-refractivity contribution in [2.75, 3.05) is 7.11 Å². The molecule has 1 aromatic heterocycles. The molecule has 23 heavy (non-hydrogen) atoms. The molecule has 0 fully saturated rings. The second-order valence-corrected chi connectivity index (χ2v) is 5.30. The average Bonchev–Trinajstić information content (AvgIpc) is 2.42. The predicted molar refractivity (Wildman–Crippen MR) is 82.7 cm³/mol. The van der Waals surface area contributed by atoms with E-state index in [1.54, 1.807) is 19.2 Å². The van der Waals surface area contributed by atoms with Gasteiger partial charge < -0.3 is 27.5 Å². The molecule has 8 heteroatoms. The van der Waals surface area contributed by atoms with Gasteiger partial charge in [0.15, 0.2) is 5.78 Å². The Morgan fingerprint density at radius 1 is 1.35 bits per heavy atom. The summed E-state index contributed by atoms with van der Waals surface area (Å²) in [5.74, 6) is -0.0907. The number of ether oxygens (including phenoxy) is 1. The van der Waals surface area contributed by atoms with Gasteiger partial charge in [0.25, 0.3) is 5.56 Å². The number of hydrogen-bond acceptors (Lipinski definition) is 6. The zero-order valence-electron chi connectivity index (χ0n) is 13.4. The monoisotopic (exact) mass is 342 g/mol. The number of carbonyl (C=O) groups is 1. The molecule has 6 nitrogen and oxygen atoms in total. The number of rotatable bonds is 4. The number of nitrogens with zero attached hydrogens (tertiary/aromatic N) is 1. The zero-order chi connectivity index (χ0) is 16.4. The summed E-state index contributed by atoms with van der Waals surface area (Å²) in [4.78, 5) is 30.0. The molecule has 0 amide bonds. The fourth-order valence-corrected chi connectivity index (χ4v) is 2.50. The molecule has 0 unspecified atom stereocenters. The molecule has 1 heterocycles. The van der Waals surface area contributed by atoms with Crippen molar-refractivity contribution >= 4 is 18.4 Å².